The molecule has 1 heterocycles. The van der Waals surface area contributed by atoms with Crippen molar-refractivity contribution in [2.75, 3.05) is 17.2 Å². The van der Waals surface area contributed by atoms with Crippen molar-refractivity contribution in [3.63, 3.8) is 0 Å². The van der Waals surface area contributed by atoms with Gasteiger partial charge in [-0.05, 0) is 61.2 Å². The zero-order valence-electron chi connectivity index (χ0n) is 23.4. The first kappa shape index (κ1) is 31.3. The summed E-state index contributed by atoms with van der Waals surface area (Å²) < 4.78 is 40.6. The normalized spacial score (nSPS) is 15.0. The lowest BCUT2D eigenvalue weighted by molar-refractivity contribution is -0.274. The maximum Gasteiger partial charge on any atom is 0.573 e. The molecule has 0 unspecified atom stereocenters. The van der Waals surface area contributed by atoms with E-state index in [9.17, 15) is 22.8 Å². The Morgan fingerprint density at radius 3 is 2.51 bits per heavy atom. The van der Waals surface area contributed by atoms with E-state index in [-0.39, 0.29) is 23.2 Å². The molecule has 0 saturated carbocycles. The smallest absolute Gasteiger partial charge is 0.406 e. The lowest BCUT2D eigenvalue weighted by Gasteiger charge is -2.19. The highest BCUT2D eigenvalue weighted by Gasteiger charge is 2.32. The zero-order valence-corrected chi connectivity index (χ0v) is 24.2. The number of hydrogen-bond donors (Lipinski definition) is 2. The van der Waals surface area contributed by atoms with Crippen molar-refractivity contribution in [2.24, 2.45) is 20.7 Å². The first-order chi connectivity index (χ1) is 20.5. The highest BCUT2D eigenvalue weighted by Crippen LogP contribution is 2.31. The van der Waals surface area contributed by atoms with Gasteiger partial charge in [-0.15, -0.1) is 13.2 Å². The van der Waals surface area contributed by atoms with Crippen molar-refractivity contribution < 1.29 is 27.5 Å². The molecule has 0 spiro atoms. The largest absolute Gasteiger partial charge is 0.573 e. The second kappa shape index (κ2) is 14.0. The van der Waals surface area contributed by atoms with Gasteiger partial charge in [0.1, 0.15) is 17.9 Å². The number of hydrogen-bond acceptors (Lipinski definition) is 5. The minimum atomic E-state index is -4.76. The van der Waals surface area contributed by atoms with Gasteiger partial charge in [0.2, 0.25) is 5.91 Å². The molecule has 3 N–H and O–H groups in total. The molecule has 0 radical (unpaired) electrons. The van der Waals surface area contributed by atoms with Crippen LogP contribution in [0.4, 0.5) is 29.3 Å². The van der Waals surface area contributed by atoms with E-state index in [0.29, 0.717) is 29.4 Å². The predicted molar refractivity (Wildman–Crippen MR) is 163 cm³/mol. The Hall–Kier alpha value is -4.65. The number of carbonyl (C=O) groups excluding carboxylic acids is 2. The third kappa shape index (κ3) is 8.92. The van der Waals surface area contributed by atoms with Crippen molar-refractivity contribution in [1.29, 1.82) is 0 Å². The fourth-order valence-electron chi connectivity index (χ4n) is 4.15. The van der Waals surface area contributed by atoms with Crippen LogP contribution in [0, 0.1) is 6.92 Å². The molecular weight excluding hydrogens is 581 g/mol. The molecule has 43 heavy (non-hydrogen) atoms. The van der Waals surface area contributed by atoms with Crippen molar-refractivity contribution in [3.8, 4) is 5.75 Å². The Balaban J connectivity index is 1.29. The number of aliphatic imine (C=N–C) groups is 3. The van der Waals surface area contributed by atoms with Crippen molar-refractivity contribution >= 4 is 52.4 Å². The SMILES string of the molecule is CCc1cc(C)ccc1N1C(=O)CSC1=NC(=O)NCCc1ccc(C(N)=NC=Nc2ccc(OC(F)(F)F)cc2)cc1. The quantitative estimate of drug-likeness (QED) is 0.231. The van der Waals surface area contributed by atoms with Gasteiger partial charge in [0.15, 0.2) is 5.17 Å². The molecule has 9 nitrogen and oxygen atoms in total. The number of ether oxygens (including phenoxy) is 1. The number of nitrogens with zero attached hydrogens (tertiary/aromatic N) is 4. The fourth-order valence-corrected chi connectivity index (χ4v) is 5.00. The van der Waals surface area contributed by atoms with Crippen LogP contribution in [0.3, 0.4) is 0 Å². The number of anilines is 1. The van der Waals surface area contributed by atoms with Crippen LogP contribution >= 0.6 is 11.8 Å². The van der Waals surface area contributed by atoms with Gasteiger partial charge in [-0.1, -0.05) is 60.6 Å². The van der Waals surface area contributed by atoms with E-state index in [1.165, 1.54) is 35.1 Å². The molecule has 3 aromatic carbocycles. The molecular formula is C30H29F3N6O3S. The number of rotatable bonds is 9. The van der Waals surface area contributed by atoms with Crippen LogP contribution in [0.25, 0.3) is 0 Å². The van der Waals surface area contributed by atoms with E-state index in [0.717, 1.165) is 40.9 Å². The molecule has 0 aliphatic carbocycles. The molecule has 1 aliphatic rings. The molecule has 1 saturated heterocycles. The molecule has 0 atom stereocenters. The summed E-state index contributed by atoms with van der Waals surface area (Å²) in [4.78, 5) is 39.0. The summed E-state index contributed by atoms with van der Waals surface area (Å²) in [5, 5.41) is 3.13. The highest BCUT2D eigenvalue weighted by atomic mass is 32.2. The summed E-state index contributed by atoms with van der Waals surface area (Å²) in [5.41, 5.74) is 10.8. The van der Waals surface area contributed by atoms with E-state index in [2.05, 4.69) is 25.0 Å². The molecule has 1 fully saturated rings. The average Bonchev–Trinajstić information content (AvgIpc) is 3.32. The van der Waals surface area contributed by atoms with E-state index in [1.807, 2.05) is 44.2 Å². The van der Waals surface area contributed by atoms with Crippen LogP contribution in [0.5, 0.6) is 5.75 Å². The van der Waals surface area contributed by atoms with Gasteiger partial charge in [0.25, 0.3) is 0 Å². The first-order valence-electron chi connectivity index (χ1n) is 13.2. The Morgan fingerprint density at radius 1 is 1.12 bits per heavy atom. The van der Waals surface area contributed by atoms with Gasteiger partial charge in [0.05, 0.1) is 17.1 Å². The van der Waals surface area contributed by atoms with Crippen LogP contribution in [0.2, 0.25) is 0 Å². The molecule has 0 aromatic heterocycles. The van der Waals surface area contributed by atoms with E-state index >= 15 is 0 Å². The molecule has 4 rings (SSSR count). The summed E-state index contributed by atoms with van der Waals surface area (Å²) in [6, 6.07) is 17.6. The van der Waals surface area contributed by atoms with Crippen molar-refractivity contribution in [1.82, 2.24) is 5.32 Å². The molecule has 13 heteroatoms. The number of halogens is 3. The summed E-state index contributed by atoms with van der Waals surface area (Å²) in [5.74, 6) is -0.0360. The van der Waals surface area contributed by atoms with E-state index in [1.54, 1.807) is 12.1 Å². The maximum absolute atomic E-state index is 12.6. The fraction of sp³-hybridized carbons (Fsp3) is 0.233. The van der Waals surface area contributed by atoms with Gasteiger partial charge in [-0.25, -0.2) is 14.8 Å². The Morgan fingerprint density at radius 2 is 1.84 bits per heavy atom. The van der Waals surface area contributed by atoms with E-state index < -0.39 is 12.4 Å². The number of urea groups is 1. The van der Waals surface area contributed by atoms with Gasteiger partial charge in [0, 0.05) is 12.1 Å². The number of alkyl halides is 3. The van der Waals surface area contributed by atoms with Crippen LogP contribution in [-0.4, -0.2) is 47.9 Å². The highest BCUT2D eigenvalue weighted by molar-refractivity contribution is 8.15. The molecule has 1 aliphatic heterocycles. The monoisotopic (exact) mass is 610 g/mol. The lowest BCUT2D eigenvalue weighted by atomic mass is 10.1. The molecule has 0 bridgehead atoms. The van der Waals surface area contributed by atoms with Gasteiger partial charge >= 0.3 is 12.4 Å². The Bertz CT molecular complexity index is 1550. The second-order valence-electron chi connectivity index (χ2n) is 9.38. The Kier molecular flexibility index (Phi) is 10.2. The topological polar surface area (TPSA) is 122 Å². The molecule has 3 aromatic rings. The summed E-state index contributed by atoms with van der Waals surface area (Å²) >= 11 is 1.24. The number of amidine groups is 2. The number of nitrogens with one attached hydrogen (secondary N) is 1. The van der Waals surface area contributed by atoms with Crippen molar-refractivity contribution in [2.45, 2.75) is 33.1 Å². The number of benzene rings is 3. The molecule has 3 amide bonds. The second-order valence-corrected chi connectivity index (χ2v) is 10.3. The van der Waals surface area contributed by atoms with Gasteiger partial charge < -0.3 is 15.8 Å². The molecule has 224 valence electrons. The van der Waals surface area contributed by atoms with Crippen LogP contribution in [0.15, 0.2) is 81.7 Å². The number of carbonyl (C=O) groups is 2. The average molecular weight is 611 g/mol. The summed E-state index contributed by atoms with van der Waals surface area (Å²) in [6.07, 6.45) is -2.27. The van der Waals surface area contributed by atoms with Crippen LogP contribution in [-0.2, 0) is 17.6 Å². The van der Waals surface area contributed by atoms with Crippen LogP contribution < -0.4 is 20.7 Å². The number of amides is 3. The lowest BCUT2D eigenvalue weighted by Crippen LogP contribution is -2.32. The zero-order chi connectivity index (χ0) is 31.0. The third-order valence-electron chi connectivity index (χ3n) is 6.23. The first-order valence-corrected chi connectivity index (χ1v) is 14.2. The summed E-state index contributed by atoms with van der Waals surface area (Å²) in [6.45, 7) is 4.34. The summed E-state index contributed by atoms with van der Waals surface area (Å²) in [7, 11) is 0. The minimum absolute atomic E-state index is 0.113. The Labute approximate surface area is 250 Å². The predicted octanol–water partition coefficient (Wildman–Crippen LogP) is 5.91. The standard InChI is InChI=1S/C30H29F3N6O3S/c1-3-21-16-19(2)4-13-25(21)39-26(40)17-43-29(39)38-28(41)35-15-14-20-5-7-22(8-6-20)27(34)37-18-36-23-9-11-24(12-10-23)42-30(31,32)33/h4-13,16,18H,3,14-15,17H2,1-2H3,(H,35,41)(H2,34,36,37). The number of nitrogens with two attached hydrogens (primary N) is 1. The van der Waals surface area contributed by atoms with Crippen LogP contribution in [0.1, 0.15) is 29.2 Å². The van der Waals surface area contributed by atoms with Gasteiger partial charge in [-0.3, -0.25) is 9.69 Å². The maximum atomic E-state index is 12.6. The van der Waals surface area contributed by atoms with Gasteiger partial charge in [-0.2, -0.15) is 4.99 Å². The van der Waals surface area contributed by atoms with E-state index in [4.69, 9.17) is 5.73 Å². The third-order valence-corrected chi connectivity index (χ3v) is 7.16. The number of aryl methyl sites for hydroxylation is 2. The minimum Gasteiger partial charge on any atom is -0.406 e. The number of thioether (sulfide) groups is 1. The van der Waals surface area contributed by atoms with Crippen molar-refractivity contribution in [3.05, 3.63) is 89.0 Å².